The number of hydrazine groups is 1. The van der Waals surface area contributed by atoms with Crippen LogP contribution in [0, 0.1) is 0 Å². The summed E-state index contributed by atoms with van der Waals surface area (Å²) < 4.78 is 15.8. The quantitative estimate of drug-likeness (QED) is 0.0691. The van der Waals surface area contributed by atoms with E-state index >= 15 is 0 Å². The van der Waals surface area contributed by atoms with E-state index in [4.69, 9.17) is 11.5 Å². The molecule has 2 aromatic rings. The van der Waals surface area contributed by atoms with E-state index in [1.54, 1.807) is 29.1 Å². The van der Waals surface area contributed by atoms with Crippen LogP contribution >= 0.6 is 23.7 Å². The number of thioether (sulfide) groups is 1. The van der Waals surface area contributed by atoms with E-state index in [-0.39, 0.29) is 18.0 Å². The number of rotatable bonds is 6. The van der Waals surface area contributed by atoms with Gasteiger partial charge in [0.2, 0.25) is 5.82 Å². The number of fused-ring (bicyclic) bond motifs is 2. The fourth-order valence-corrected chi connectivity index (χ4v) is 5.88. The largest absolute Gasteiger partial charge is 0.477 e. The van der Waals surface area contributed by atoms with E-state index in [1.807, 2.05) is 0 Å². The van der Waals surface area contributed by atoms with Crippen molar-refractivity contribution in [2.24, 2.45) is 10.9 Å². The highest BCUT2D eigenvalue weighted by atomic mass is 32.2. The number of nitrogens with one attached hydrogen (secondary N) is 2. The molecule has 0 aromatic carbocycles. The second-order valence-corrected chi connectivity index (χ2v) is 9.80. The first-order valence-corrected chi connectivity index (χ1v) is 12.4. The molecule has 5 heterocycles. The molecule has 3 aliphatic heterocycles. The van der Waals surface area contributed by atoms with Crippen LogP contribution in [-0.2, 0) is 25.8 Å². The van der Waals surface area contributed by atoms with Crippen molar-refractivity contribution in [1.29, 1.82) is 0 Å². The summed E-state index contributed by atoms with van der Waals surface area (Å²) >= 11 is 2.29. The minimum Gasteiger partial charge on any atom is -0.477 e. The van der Waals surface area contributed by atoms with Crippen LogP contribution in [0.1, 0.15) is 0 Å². The number of nitrogen functional groups attached to an aromatic ring is 1. The molecule has 18 heteroatoms. The lowest BCUT2D eigenvalue weighted by Crippen LogP contribution is -2.71. The molecule has 2 aromatic heterocycles. The molecule has 0 aliphatic carbocycles. The number of carbonyl (C=O) groups excluding carboxylic acids is 2. The summed E-state index contributed by atoms with van der Waals surface area (Å²) in [6.45, 7) is -1.10. The number of anilines is 1. The molecule has 2 amide bonds. The normalized spacial score (nSPS) is 21.6. The summed E-state index contributed by atoms with van der Waals surface area (Å²) in [6.07, 6.45) is 4.62. The van der Waals surface area contributed by atoms with Crippen LogP contribution in [-0.4, -0.2) is 72.3 Å². The van der Waals surface area contributed by atoms with Crippen LogP contribution in [0.4, 0.5) is 10.2 Å². The number of carboxylic acids is 1. The second kappa shape index (κ2) is 9.79. The van der Waals surface area contributed by atoms with Crippen molar-refractivity contribution in [2.75, 3.05) is 18.3 Å². The zero-order valence-corrected chi connectivity index (χ0v) is 20.4. The Morgan fingerprint density at radius 1 is 1.41 bits per heavy atom. The molecule has 0 unspecified atom stereocenters. The van der Waals surface area contributed by atoms with Crippen molar-refractivity contribution in [3.05, 3.63) is 47.0 Å². The standard InChI is InChI=1S/C19H19FN10O5S2/c20-8-35-25-15(28-6-11(22)37-26-28)16(31)24-13-17(32)29-14(19(33)34)9(7-36-18(13)29)5-27-4-2-10(21)30-12(27)1-3-23-30/h1-4,6,13,18,21,26H,5,7-8,22H2,(H2,24,31,33,34)/p+1/b25-15-/t13-,18-/m1/s1. The molecule has 1 saturated heterocycles. The first-order valence-electron chi connectivity index (χ1n) is 10.6. The lowest BCUT2D eigenvalue weighted by Gasteiger charge is -2.49. The van der Waals surface area contributed by atoms with Crippen LogP contribution in [0.25, 0.3) is 5.65 Å². The number of carbonyl (C=O) groups is 3. The Hall–Kier alpha value is -4.03. The Morgan fingerprint density at radius 3 is 2.92 bits per heavy atom. The van der Waals surface area contributed by atoms with Gasteiger partial charge in [0.15, 0.2) is 0 Å². The van der Waals surface area contributed by atoms with Crippen LogP contribution < -0.4 is 26.2 Å². The van der Waals surface area contributed by atoms with Gasteiger partial charge in [-0.3, -0.25) is 14.5 Å². The van der Waals surface area contributed by atoms with Gasteiger partial charge in [0.25, 0.3) is 24.5 Å². The van der Waals surface area contributed by atoms with Crippen molar-refractivity contribution >= 4 is 58.8 Å². The van der Waals surface area contributed by atoms with E-state index in [0.29, 0.717) is 22.1 Å². The van der Waals surface area contributed by atoms with Gasteiger partial charge in [-0.1, -0.05) is 14.8 Å². The summed E-state index contributed by atoms with van der Waals surface area (Å²) in [5, 5.41) is 20.9. The summed E-state index contributed by atoms with van der Waals surface area (Å²) in [6, 6.07) is 2.34. The molecular formula is C19H20FN10O5S2+. The van der Waals surface area contributed by atoms with Crippen molar-refractivity contribution in [2.45, 2.75) is 18.0 Å². The summed E-state index contributed by atoms with van der Waals surface area (Å²) in [5.74, 6) is -2.41. The molecule has 1 fully saturated rings. The number of alkyl halides is 1. The number of hydrogen-bond acceptors (Lipinski definition) is 11. The predicted octanol–water partition coefficient (Wildman–Crippen LogP) is -1.57. The number of aromatic nitrogens is 3. The van der Waals surface area contributed by atoms with Gasteiger partial charge < -0.3 is 26.7 Å². The summed E-state index contributed by atoms with van der Waals surface area (Å²) in [4.78, 5) is 46.3. The molecule has 0 spiro atoms. The lowest BCUT2D eigenvalue weighted by atomic mass is 10.0. The Labute approximate surface area is 216 Å². The van der Waals surface area contributed by atoms with Crippen LogP contribution in [0.3, 0.4) is 0 Å². The fraction of sp³-hybridized carbons (Fsp3) is 0.263. The minimum absolute atomic E-state index is 0.149. The van der Waals surface area contributed by atoms with Crippen molar-refractivity contribution in [1.82, 2.24) is 29.7 Å². The molecule has 3 aliphatic rings. The number of hydrogen-bond donors (Lipinski definition) is 5. The molecule has 5 rings (SSSR count). The summed E-state index contributed by atoms with van der Waals surface area (Å²) in [7, 11) is 0. The Morgan fingerprint density at radius 2 is 2.22 bits per heavy atom. The van der Waals surface area contributed by atoms with Gasteiger partial charge in [-0.2, -0.15) is 4.83 Å². The van der Waals surface area contributed by atoms with Crippen LogP contribution in [0.5, 0.6) is 0 Å². The molecule has 37 heavy (non-hydrogen) atoms. The maximum absolute atomic E-state index is 13.0. The van der Waals surface area contributed by atoms with E-state index in [1.165, 1.54) is 22.5 Å². The minimum atomic E-state index is -1.28. The topological polar surface area (TPSA) is 197 Å². The average Bonchev–Trinajstić information content (AvgIpc) is 3.54. The number of halogens is 1. The number of oxime groups is 1. The number of nitrogens with two attached hydrogens (primary N) is 2. The van der Waals surface area contributed by atoms with Gasteiger partial charge in [-0.15, -0.1) is 11.8 Å². The van der Waals surface area contributed by atoms with Crippen LogP contribution in [0.15, 0.2) is 52.2 Å². The first-order chi connectivity index (χ1) is 17.8. The van der Waals surface area contributed by atoms with E-state index in [0.717, 1.165) is 21.9 Å². The number of nitrogens with zero attached hydrogens (tertiary/aromatic N) is 6. The SMILES string of the molecule is NC1=CN(/C(=N\OCF)C(=O)N[C@@H]2C(=O)N3C(C(=O)O)=C(C[n+]4ccc(N)n5nccc54)CS[C@H]23)NS1. The number of aliphatic carboxylic acids is 1. The third-order valence-electron chi connectivity index (χ3n) is 5.63. The van der Waals surface area contributed by atoms with Gasteiger partial charge in [0, 0.05) is 17.4 Å². The van der Waals surface area contributed by atoms with Crippen molar-refractivity contribution in [3.8, 4) is 0 Å². The monoisotopic (exact) mass is 551 g/mol. The molecule has 194 valence electrons. The van der Waals surface area contributed by atoms with Gasteiger partial charge >= 0.3 is 11.6 Å². The Kier molecular flexibility index (Phi) is 6.52. The molecule has 0 saturated carbocycles. The molecular weight excluding hydrogens is 531 g/mol. The predicted molar refractivity (Wildman–Crippen MR) is 129 cm³/mol. The smallest absolute Gasteiger partial charge is 0.352 e. The highest BCUT2D eigenvalue weighted by molar-refractivity contribution is 8.01. The van der Waals surface area contributed by atoms with Crippen molar-refractivity contribution in [3.63, 3.8) is 0 Å². The number of amidine groups is 1. The first kappa shape index (κ1) is 24.7. The molecule has 7 N–H and O–H groups in total. The zero-order valence-electron chi connectivity index (χ0n) is 18.8. The van der Waals surface area contributed by atoms with Crippen molar-refractivity contribution < 1.29 is 33.3 Å². The Bertz CT molecular complexity index is 1390. The maximum atomic E-state index is 13.0. The maximum Gasteiger partial charge on any atom is 0.352 e. The number of β-lactam (4-membered cyclic amide) rings is 1. The molecule has 2 atom stereocenters. The van der Waals surface area contributed by atoms with Gasteiger partial charge in [-0.25, -0.2) is 18.8 Å². The van der Waals surface area contributed by atoms with Gasteiger partial charge in [-0.05, 0) is 11.9 Å². The average molecular weight is 552 g/mol. The molecule has 0 bridgehead atoms. The van der Waals surface area contributed by atoms with E-state index in [9.17, 15) is 23.9 Å². The highest BCUT2D eigenvalue weighted by Gasteiger charge is 2.54. The van der Waals surface area contributed by atoms with E-state index in [2.05, 4.69) is 25.2 Å². The second-order valence-electron chi connectivity index (χ2n) is 7.84. The van der Waals surface area contributed by atoms with Gasteiger partial charge in [0.05, 0.1) is 24.7 Å². The lowest BCUT2D eigenvalue weighted by molar-refractivity contribution is -0.666. The fourth-order valence-electron chi connectivity index (χ4n) is 4.04. The highest BCUT2D eigenvalue weighted by Crippen LogP contribution is 2.40. The third-order valence-corrected chi connectivity index (χ3v) is 7.60. The number of carboxylic acid groups (broad SMARTS) is 1. The zero-order chi connectivity index (χ0) is 26.3. The molecule has 15 nitrogen and oxygen atoms in total. The van der Waals surface area contributed by atoms with Crippen LogP contribution in [0.2, 0.25) is 0 Å². The number of amides is 2. The third kappa shape index (κ3) is 4.38. The Balaban J connectivity index is 1.36. The van der Waals surface area contributed by atoms with E-state index < -0.39 is 41.9 Å². The summed E-state index contributed by atoms with van der Waals surface area (Å²) in [5.41, 5.74) is 12.6. The van der Waals surface area contributed by atoms with Gasteiger partial charge in [0.1, 0.15) is 28.7 Å². The molecule has 0 radical (unpaired) electrons.